The second-order valence-electron chi connectivity index (χ2n) is 1.21. The lowest BCUT2D eigenvalue weighted by Gasteiger charge is -1.73. The van der Waals surface area contributed by atoms with Crippen LogP contribution in [0.3, 0.4) is 0 Å². The summed E-state index contributed by atoms with van der Waals surface area (Å²) in [6.07, 6.45) is 1.40. The molecule has 0 aromatic carbocycles. The van der Waals surface area contributed by atoms with Gasteiger partial charge in [0, 0.05) is 0 Å². The Balaban J connectivity index is 0.000000490. The quantitative estimate of drug-likeness (QED) is 0.638. The van der Waals surface area contributed by atoms with Crippen molar-refractivity contribution >= 4 is 28.3 Å². The van der Waals surface area contributed by atoms with Crippen LogP contribution in [0.4, 0.5) is 0 Å². The van der Waals surface area contributed by atoms with Gasteiger partial charge in [0.15, 0.2) is 11.1 Å². The molecule has 0 unspecified atom stereocenters. The van der Waals surface area contributed by atoms with Crippen molar-refractivity contribution in [2.75, 3.05) is 0 Å². The van der Waals surface area contributed by atoms with Crippen molar-refractivity contribution in [2.45, 2.75) is 6.92 Å². The van der Waals surface area contributed by atoms with E-state index < -0.39 is 0 Å². The number of halogens is 2. The molecule has 0 radical (unpaired) electrons. The van der Waals surface area contributed by atoms with E-state index in [4.69, 9.17) is 4.42 Å². The lowest BCUT2D eigenvalue weighted by atomic mass is 10.6. The van der Waals surface area contributed by atoms with Crippen LogP contribution in [0.15, 0.2) is 15.5 Å². The minimum Gasteiger partial charge on any atom is -0.436 e. The molecule has 0 spiro atoms. The van der Waals surface area contributed by atoms with Crippen molar-refractivity contribution in [1.29, 1.82) is 0 Å². The zero-order valence-corrected chi connectivity index (χ0v) is 6.62. The summed E-state index contributed by atoms with van der Waals surface area (Å²) in [5.41, 5.74) is 0.889. The molecular weight excluding hydrogens is 193 g/mol. The number of hydrogen-bond donors (Lipinski definition) is 0. The van der Waals surface area contributed by atoms with Gasteiger partial charge in [-0.25, -0.2) is 4.98 Å². The van der Waals surface area contributed by atoms with E-state index >= 15 is 0 Å². The van der Waals surface area contributed by atoms with E-state index in [0.717, 1.165) is 5.69 Å². The molecule has 0 saturated carbocycles. The molecule has 2 nitrogen and oxygen atoms in total. The minimum absolute atomic E-state index is 0. The molecule has 0 atom stereocenters. The fourth-order valence-electron chi connectivity index (χ4n) is 0.288. The third-order valence-electron chi connectivity index (χ3n) is 0.687. The number of rotatable bonds is 0. The van der Waals surface area contributed by atoms with Gasteiger partial charge >= 0.3 is 0 Å². The van der Waals surface area contributed by atoms with Gasteiger partial charge < -0.3 is 4.42 Å². The zero-order chi connectivity index (χ0) is 5.28. The summed E-state index contributed by atoms with van der Waals surface area (Å²) >= 11 is 3.14. The fraction of sp³-hybridized carbons (Fsp3) is 0.250. The number of hydrogen-bond acceptors (Lipinski definition) is 2. The number of nitrogens with zero attached hydrogens (tertiary/aromatic N) is 1. The standard InChI is InChI=1S/C4H4BrNO.ClH/c1-3-4(5)7-2-6-3;/h2H,1H3;1H. The Kier molecular flexibility index (Phi) is 3.09. The monoisotopic (exact) mass is 197 g/mol. The molecule has 1 aromatic rings. The Labute approximate surface area is 61.8 Å². The van der Waals surface area contributed by atoms with E-state index in [0.29, 0.717) is 4.67 Å². The van der Waals surface area contributed by atoms with E-state index in [1.807, 2.05) is 6.92 Å². The number of aromatic nitrogens is 1. The Morgan fingerprint density at radius 2 is 2.38 bits per heavy atom. The summed E-state index contributed by atoms with van der Waals surface area (Å²) in [6, 6.07) is 0. The van der Waals surface area contributed by atoms with Gasteiger partial charge in [-0.2, -0.15) is 0 Å². The summed E-state index contributed by atoms with van der Waals surface area (Å²) in [7, 11) is 0. The normalized spacial score (nSPS) is 8.25. The number of oxazole rings is 1. The van der Waals surface area contributed by atoms with Crippen LogP contribution in [0.25, 0.3) is 0 Å². The first-order valence-electron chi connectivity index (χ1n) is 1.86. The molecule has 4 heteroatoms. The Hall–Kier alpha value is -0.0200. The smallest absolute Gasteiger partial charge is 0.192 e. The highest BCUT2D eigenvalue weighted by Crippen LogP contribution is 2.11. The lowest BCUT2D eigenvalue weighted by molar-refractivity contribution is 0.532. The van der Waals surface area contributed by atoms with Crippen molar-refractivity contribution in [3.8, 4) is 0 Å². The van der Waals surface area contributed by atoms with Gasteiger partial charge in [-0.1, -0.05) is 0 Å². The maximum absolute atomic E-state index is 4.77. The fourth-order valence-corrected chi connectivity index (χ4v) is 0.474. The van der Waals surface area contributed by atoms with E-state index in [2.05, 4.69) is 20.9 Å². The summed E-state index contributed by atoms with van der Waals surface area (Å²) in [5.74, 6) is 0. The first-order valence-corrected chi connectivity index (χ1v) is 2.65. The first kappa shape index (κ1) is 7.98. The predicted octanol–water partition coefficient (Wildman–Crippen LogP) is 2.17. The molecule has 1 heterocycles. The topological polar surface area (TPSA) is 26.0 Å². The molecule has 1 rings (SSSR count). The van der Waals surface area contributed by atoms with Crippen LogP contribution >= 0.6 is 28.3 Å². The molecule has 0 aliphatic rings. The maximum Gasteiger partial charge on any atom is 0.192 e. The summed E-state index contributed by atoms with van der Waals surface area (Å²) in [4.78, 5) is 3.80. The third kappa shape index (κ3) is 1.49. The second-order valence-corrected chi connectivity index (χ2v) is 1.93. The van der Waals surface area contributed by atoms with E-state index in [1.54, 1.807) is 0 Å². The second kappa shape index (κ2) is 3.10. The van der Waals surface area contributed by atoms with Gasteiger partial charge in [0.05, 0.1) is 5.69 Å². The molecule has 46 valence electrons. The highest BCUT2D eigenvalue weighted by molar-refractivity contribution is 9.10. The van der Waals surface area contributed by atoms with Gasteiger partial charge in [0.25, 0.3) is 0 Å². The average molecular weight is 198 g/mol. The molecule has 0 N–H and O–H groups in total. The predicted molar refractivity (Wildman–Crippen MR) is 36.2 cm³/mol. The average Bonchev–Trinajstić information content (AvgIpc) is 1.91. The molecule has 8 heavy (non-hydrogen) atoms. The molecule has 1 aromatic heterocycles. The molecule has 0 saturated heterocycles. The first-order chi connectivity index (χ1) is 3.30. The van der Waals surface area contributed by atoms with Crippen molar-refractivity contribution in [1.82, 2.24) is 4.98 Å². The van der Waals surface area contributed by atoms with Crippen molar-refractivity contribution in [3.05, 3.63) is 16.8 Å². The van der Waals surface area contributed by atoms with Gasteiger partial charge in [0.1, 0.15) is 0 Å². The zero-order valence-electron chi connectivity index (χ0n) is 4.22. The van der Waals surface area contributed by atoms with Gasteiger partial charge in [-0.15, -0.1) is 12.4 Å². The Bertz CT molecular complexity index is 148. The Morgan fingerprint density at radius 1 is 1.75 bits per heavy atom. The van der Waals surface area contributed by atoms with Crippen LogP contribution in [0.1, 0.15) is 5.69 Å². The molecule has 0 aliphatic heterocycles. The SMILES string of the molecule is Cc1ncoc1Br.Cl. The van der Waals surface area contributed by atoms with Crippen LogP contribution in [-0.4, -0.2) is 4.98 Å². The maximum atomic E-state index is 4.77. The van der Waals surface area contributed by atoms with Gasteiger partial charge in [-0.05, 0) is 22.9 Å². The third-order valence-corrected chi connectivity index (χ3v) is 1.45. The minimum atomic E-state index is 0. The summed E-state index contributed by atoms with van der Waals surface area (Å²) in [5, 5.41) is 0. The molecule has 0 amide bonds. The van der Waals surface area contributed by atoms with Crippen molar-refractivity contribution in [3.63, 3.8) is 0 Å². The van der Waals surface area contributed by atoms with Crippen molar-refractivity contribution < 1.29 is 4.42 Å². The van der Waals surface area contributed by atoms with E-state index in [9.17, 15) is 0 Å². The molecular formula is C4H5BrClNO. The lowest BCUT2D eigenvalue weighted by Crippen LogP contribution is -1.64. The summed E-state index contributed by atoms with van der Waals surface area (Å²) in [6.45, 7) is 1.87. The highest BCUT2D eigenvalue weighted by atomic mass is 79.9. The molecule has 0 aliphatic carbocycles. The van der Waals surface area contributed by atoms with E-state index in [1.165, 1.54) is 6.39 Å². The Morgan fingerprint density at radius 3 is 2.50 bits per heavy atom. The van der Waals surface area contributed by atoms with E-state index in [-0.39, 0.29) is 12.4 Å². The van der Waals surface area contributed by atoms with Crippen molar-refractivity contribution in [2.24, 2.45) is 0 Å². The molecule has 0 bridgehead atoms. The number of aryl methyl sites for hydroxylation is 1. The van der Waals surface area contributed by atoms with Gasteiger partial charge in [0.2, 0.25) is 0 Å². The van der Waals surface area contributed by atoms with Crippen LogP contribution in [0.2, 0.25) is 0 Å². The van der Waals surface area contributed by atoms with Crippen LogP contribution in [-0.2, 0) is 0 Å². The summed E-state index contributed by atoms with van der Waals surface area (Å²) < 4.78 is 5.48. The van der Waals surface area contributed by atoms with Crippen LogP contribution in [0, 0.1) is 6.92 Å². The van der Waals surface area contributed by atoms with Crippen LogP contribution in [0.5, 0.6) is 0 Å². The largest absolute Gasteiger partial charge is 0.436 e. The molecule has 0 fully saturated rings. The van der Waals surface area contributed by atoms with Crippen LogP contribution < -0.4 is 0 Å². The highest BCUT2D eigenvalue weighted by Gasteiger charge is 1.93. The van der Waals surface area contributed by atoms with Gasteiger partial charge in [-0.3, -0.25) is 0 Å².